The van der Waals surface area contributed by atoms with Crippen molar-refractivity contribution in [1.82, 2.24) is 14.9 Å². The molecular weight excluding hydrogens is 412 g/mol. The van der Waals surface area contributed by atoms with Gasteiger partial charge in [0.05, 0.1) is 18.4 Å². The maximum atomic E-state index is 14.7. The molecule has 0 aliphatic carbocycles. The zero-order chi connectivity index (χ0) is 22.5. The number of carbonyl (C=O) groups excluding carboxylic acids is 2. The number of benzene rings is 3. The van der Waals surface area contributed by atoms with Gasteiger partial charge in [0, 0.05) is 23.5 Å². The predicted molar refractivity (Wildman–Crippen MR) is 116 cm³/mol. The first-order valence-corrected chi connectivity index (χ1v) is 9.93. The summed E-state index contributed by atoms with van der Waals surface area (Å²) >= 11 is 0. The average molecular weight is 431 g/mol. The largest absolute Gasteiger partial charge is 0.340 e. The van der Waals surface area contributed by atoms with Crippen LogP contribution in [0.3, 0.4) is 0 Å². The first-order chi connectivity index (χ1) is 15.5. The lowest BCUT2D eigenvalue weighted by atomic mass is 10.0. The number of Topliss-reactive ketones (excluding diaryl/α,β-unsaturated/α-hetero) is 1. The number of aromatic nitrogens is 2. The maximum Gasteiger partial charge on any atom is 0.252 e. The summed E-state index contributed by atoms with van der Waals surface area (Å²) in [6.45, 7) is 0.0451. The first kappa shape index (κ1) is 21.1. The van der Waals surface area contributed by atoms with Gasteiger partial charge in [0.1, 0.15) is 17.7 Å². The van der Waals surface area contributed by atoms with Gasteiger partial charge < -0.3 is 9.88 Å². The SMILES string of the molecule is O=C(NC(Cn1ccnc1)C(=O)c1ccccc1F)c1ccc(-c2ccccc2)c(F)c1. The van der Waals surface area contributed by atoms with Gasteiger partial charge in [-0.05, 0) is 29.8 Å². The van der Waals surface area contributed by atoms with Crippen molar-refractivity contribution in [2.75, 3.05) is 0 Å². The Hall–Kier alpha value is -4.13. The number of nitrogens with zero attached hydrogens (tertiary/aromatic N) is 2. The summed E-state index contributed by atoms with van der Waals surface area (Å²) in [6, 6.07) is 17.6. The van der Waals surface area contributed by atoms with E-state index < -0.39 is 29.4 Å². The second kappa shape index (κ2) is 9.34. The van der Waals surface area contributed by atoms with Gasteiger partial charge in [-0.25, -0.2) is 13.8 Å². The van der Waals surface area contributed by atoms with Crippen molar-refractivity contribution in [3.63, 3.8) is 0 Å². The van der Waals surface area contributed by atoms with Crippen LogP contribution < -0.4 is 5.32 Å². The second-order valence-electron chi connectivity index (χ2n) is 7.19. The van der Waals surface area contributed by atoms with Gasteiger partial charge in [-0.2, -0.15) is 0 Å². The summed E-state index contributed by atoms with van der Waals surface area (Å²) in [6.07, 6.45) is 4.65. The van der Waals surface area contributed by atoms with Gasteiger partial charge in [0.25, 0.3) is 5.91 Å². The molecule has 0 aliphatic heterocycles. The number of imidazole rings is 1. The van der Waals surface area contributed by atoms with Gasteiger partial charge in [0.15, 0.2) is 5.78 Å². The van der Waals surface area contributed by atoms with Gasteiger partial charge in [-0.3, -0.25) is 9.59 Å². The third kappa shape index (κ3) is 4.62. The van der Waals surface area contributed by atoms with Crippen molar-refractivity contribution in [3.05, 3.63) is 114 Å². The van der Waals surface area contributed by atoms with Crippen molar-refractivity contribution in [2.45, 2.75) is 12.6 Å². The minimum absolute atomic E-state index is 0.0451. The number of amides is 1. The molecule has 7 heteroatoms. The fraction of sp³-hybridized carbons (Fsp3) is 0.0800. The molecule has 1 amide bonds. The minimum atomic E-state index is -1.08. The fourth-order valence-corrected chi connectivity index (χ4v) is 3.40. The number of ketones is 1. The molecular formula is C25H19F2N3O2. The molecule has 4 rings (SSSR count). The standard InChI is InChI=1S/C25H19F2N3O2/c26-21-9-5-4-8-20(21)24(31)23(15-30-13-12-28-16-30)29-25(32)18-10-11-19(22(27)14-18)17-6-2-1-3-7-17/h1-14,16,23H,15H2,(H,29,32). The monoisotopic (exact) mass is 431 g/mol. The first-order valence-electron chi connectivity index (χ1n) is 9.93. The number of rotatable bonds is 7. The summed E-state index contributed by atoms with van der Waals surface area (Å²) in [5.74, 6) is -2.47. The van der Waals surface area contributed by atoms with Crippen LogP contribution in [0.1, 0.15) is 20.7 Å². The van der Waals surface area contributed by atoms with Crippen LogP contribution >= 0.6 is 0 Å². The van der Waals surface area contributed by atoms with E-state index in [2.05, 4.69) is 10.3 Å². The summed E-state index contributed by atoms with van der Waals surface area (Å²) in [5, 5.41) is 2.61. The highest BCUT2D eigenvalue weighted by Gasteiger charge is 2.25. The Morgan fingerprint density at radius 2 is 1.69 bits per heavy atom. The maximum absolute atomic E-state index is 14.7. The average Bonchev–Trinajstić information content (AvgIpc) is 3.32. The molecule has 3 aromatic carbocycles. The molecule has 0 spiro atoms. The highest BCUT2D eigenvalue weighted by molar-refractivity contribution is 6.04. The Morgan fingerprint density at radius 3 is 2.38 bits per heavy atom. The fourth-order valence-electron chi connectivity index (χ4n) is 3.40. The molecule has 0 aliphatic rings. The molecule has 1 unspecified atom stereocenters. The number of halogens is 2. The van der Waals surface area contributed by atoms with Crippen LogP contribution in [0, 0.1) is 11.6 Å². The molecule has 1 aromatic heterocycles. The summed E-state index contributed by atoms with van der Waals surface area (Å²) in [4.78, 5) is 29.8. The van der Waals surface area contributed by atoms with Crippen molar-refractivity contribution in [3.8, 4) is 11.1 Å². The summed E-state index contributed by atoms with van der Waals surface area (Å²) < 4.78 is 30.5. The zero-order valence-electron chi connectivity index (χ0n) is 16.9. The van der Waals surface area contributed by atoms with E-state index in [0.717, 1.165) is 6.07 Å². The molecule has 32 heavy (non-hydrogen) atoms. The van der Waals surface area contributed by atoms with Crippen LogP contribution in [0.4, 0.5) is 8.78 Å². The Kier molecular flexibility index (Phi) is 6.17. The number of nitrogens with one attached hydrogen (secondary N) is 1. The topological polar surface area (TPSA) is 64.0 Å². The van der Waals surface area contributed by atoms with Crippen LogP contribution in [0.15, 0.2) is 91.5 Å². The molecule has 0 bridgehead atoms. The highest BCUT2D eigenvalue weighted by Crippen LogP contribution is 2.23. The van der Waals surface area contributed by atoms with E-state index >= 15 is 0 Å². The molecule has 1 heterocycles. The normalized spacial score (nSPS) is 11.7. The molecule has 1 atom stereocenters. The van der Waals surface area contributed by atoms with Crippen molar-refractivity contribution >= 4 is 11.7 Å². The van der Waals surface area contributed by atoms with E-state index in [1.165, 1.54) is 42.9 Å². The minimum Gasteiger partial charge on any atom is -0.340 e. The van der Waals surface area contributed by atoms with E-state index in [1.54, 1.807) is 41.1 Å². The van der Waals surface area contributed by atoms with Crippen LogP contribution in [-0.2, 0) is 6.54 Å². The second-order valence-corrected chi connectivity index (χ2v) is 7.19. The third-order valence-electron chi connectivity index (χ3n) is 5.03. The van der Waals surface area contributed by atoms with E-state index in [1.807, 2.05) is 6.07 Å². The highest BCUT2D eigenvalue weighted by atomic mass is 19.1. The summed E-state index contributed by atoms with van der Waals surface area (Å²) in [7, 11) is 0. The van der Waals surface area contributed by atoms with E-state index in [4.69, 9.17) is 0 Å². The molecule has 5 nitrogen and oxygen atoms in total. The lowest BCUT2D eigenvalue weighted by molar-refractivity contribution is 0.0845. The Bertz CT molecular complexity index is 1240. The lowest BCUT2D eigenvalue weighted by Crippen LogP contribution is -2.44. The molecule has 0 saturated carbocycles. The van der Waals surface area contributed by atoms with Crippen molar-refractivity contribution < 1.29 is 18.4 Å². The summed E-state index contributed by atoms with van der Waals surface area (Å²) in [5.41, 5.74) is 0.965. The van der Waals surface area contributed by atoms with Gasteiger partial charge >= 0.3 is 0 Å². The number of hydrogen-bond donors (Lipinski definition) is 1. The van der Waals surface area contributed by atoms with E-state index in [0.29, 0.717) is 11.1 Å². The Morgan fingerprint density at radius 1 is 0.938 bits per heavy atom. The van der Waals surface area contributed by atoms with Gasteiger partial charge in [0.2, 0.25) is 0 Å². The van der Waals surface area contributed by atoms with Crippen molar-refractivity contribution in [2.24, 2.45) is 0 Å². The van der Waals surface area contributed by atoms with E-state index in [-0.39, 0.29) is 17.7 Å². The molecule has 0 fully saturated rings. The third-order valence-corrected chi connectivity index (χ3v) is 5.03. The van der Waals surface area contributed by atoms with Gasteiger partial charge in [-0.15, -0.1) is 0 Å². The van der Waals surface area contributed by atoms with E-state index in [9.17, 15) is 18.4 Å². The zero-order valence-corrected chi connectivity index (χ0v) is 16.9. The molecule has 1 N–H and O–H groups in total. The predicted octanol–water partition coefficient (Wildman–Crippen LogP) is 4.51. The van der Waals surface area contributed by atoms with Crippen LogP contribution in [0.2, 0.25) is 0 Å². The molecule has 4 aromatic rings. The smallest absolute Gasteiger partial charge is 0.252 e. The van der Waals surface area contributed by atoms with Crippen LogP contribution in [-0.4, -0.2) is 27.3 Å². The number of carbonyl (C=O) groups is 2. The van der Waals surface area contributed by atoms with Crippen LogP contribution in [0.5, 0.6) is 0 Å². The van der Waals surface area contributed by atoms with Gasteiger partial charge in [-0.1, -0.05) is 48.5 Å². The number of hydrogen-bond acceptors (Lipinski definition) is 3. The molecule has 0 radical (unpaired) electrons. The Labute approximate surface area is 183 Å². The van der Waals surface area contributed by atoms with Crippen molar-refractivity contribution in [1.29, 1.82) is 0 Å². The Balaban J connectivity index is 1.59. The quantitative estimate of drug-likeness (QED) is 0.438. The molecule has 160 valence electrons. The van der Waals surface area contributed by atoms with Crippen LogP contribution in [0.25, 0.3) is 11.1 Å². The molecule has 0 saturated heterocycles. The lowest BCUT2D eigenvalue weighted by Gasteiger charge is -2.19.